The largest absolute Gasteiger partial charge is 0.378 e. The topological polar surface area (TPSA) is 52.7 Å². The van der Waals surface area contributed by atoms with Crippen molar-refractivity contribution in [3.63, 3.8) is 0 Å². The zero-order valence-electron chi connectivity index (χ0n) is 17.4. The molecule has 2 aromatic carbocycles. The molecule has 2 heterocycles. The molecule has 6 heteroatoms. The first-order valence-electron chi connectivity index (χ1n) is 9.65. The second-order valence-corrected chi connectivity index (χ2v) is 8.53. The third-order valence-corrected chi connectivity index (χ3v) is 5.85. The molecule has 1 N–H and O–H groups in total. The Balaban J connectivity index is 1.76. The molecule has 5 nitrogen and oxygen atoms in total. The molecule has 1 aliphatic rings. The third kappa shape index (κ3) is 3.62. The Kier molecular flexibility index (Phi) is 5.18. The van der Waals surface area contributed by atoms with Crippen LogP contribution in [0.3, 0.4) is 0 Å². The van der Waals surface area contributed by atoms with Crippen LogP contribution in [0, 0.1) is 13.8 Å². The van der Waals surface area contributed by atoms with Gasteiger partial charge in [-0.25, -0.2) is 4.90 Å². The fourth-order valence-electron chi connectivity index (χ4n) is 3.62. The van der Waals surface area contributed by atoms with Gasteiger partial charge in [-0.1, -0.05) is 12.1 Å². The molecule has 1 aromatic heterocycles. The van der Waals surface area contributed by atoms with Gasteiger partial charge in [-0.05, 0) is 72.8 Å². The van der Waals surface area contributed by atoms with Gasteiger partial charge in [0.15, 0.2) is 0 Å². The Bertz CT molecular complexity index is 1130. The van der Waals surface area contributed by atoms with Crippen molar-refractivity contribution in [2.45, 2.75) is 13.8 Å². The van der Waals surface area contributed by atoms with Crippen LogP contribution in [0.4, 0.5) is 17.1 Å². The molecular formula is C24H23N3O2S. The molecule has 30 heavy (non-hydrogen) atoms. The van der Waals surface area contributed by atoms with Crippen LogP contribution in [0.5, 0.6) is 0 Å². The van der Waals surface area contributed by atoms with E-state index in [2.05, 4.69) is 11.4 Å². The first kappa shape index (κ1) is 19.9. The van der Waals surface area contributed by atoms with Gasteiger partial charge in [-0.15, -0.1) is 11.3 Å². The first-order valence-corrected chi connectivity index (χ1v) is 10.5. The quantitative estimate of drug-likeness (QED) is 0.605. The SMILES string of the molecule is Cc1cc(C)cc(NC2=C(c3cccs3)C(=O)N(c3ccc(N(C)C)cc3)C2=O)c1. The highest BCUT2D eigenvalue weighted by molar-refractivity contribution is 7.11. The Morgan fingerprint density at radius 3 is 2.13 bits per heavy atom. The molecule has 152 valence electrons. The Labute approximate surface area is 180 Å². The van der Waals surface area contributed by atoms with Crippen molar-refractivity contribution in [2.24, 2.45) is 0 Å². The highest BCUT2D eigenvalue weighted by atomic mass is 32.1. The number of thiophene rings is 1. The van der Waals surface area contributed by atoms with E-state index in [9.17, 15) is 9.59 Å². The maximum Gasteiger partial charge on any atom is 0.282 e. The van der Waals surface area contributed by atoms with Gasteiger partial charge >= 0.3 is 0 Å². The molecule has 0 atom stereocenters. The van der Waals surface area contributed by atoms with Gasteiger partial charge in [0.1, 0.15) is 5.70 Å². The summed E-state index contributed by atoms with van der Waals surface area (Å²) in [5, 5.41) is 5.14. The third-order valence-electron chi connectivity index (χ3n) is 4.97. The predicted molar refractivity (Wildman–Crippen MR) is 124 cm³/mol. The Hall–Kier alpha value is -3.38. The van der Waals surface area contributed by atoms with Gasteiger partial charge in [0, 0.05) is 30.3 Å². The number of benzene rings is 2. The minimum absolute atomic E-state index is 0.309. The molecule has 0 radical (unpaired) electrons. The predicted octanol–water partition coefficient (Wildman–Crippen LogP) is 4.83. The number of nitrogens with one attached hydrogen (secondary N) is 1. The standard InChI is InChI=1S/C24H23N3O2S/c1-15-12-16(2)14-17(13-15)25-22-21(20-6-5-11-30-20)23(28)27(24(22)29)19-9-7-18(8-10-19)26(3)4/h5-14,25H,1-4H3. The van der Waals surface area contributed by atoms with Crippen LogP contribution < -0.4 is 15.1 Å². The number of hydrogen-bond acceptors (Lipinski definition) is 5. The van der Waals surface area contributed by atoms with Gasteiger partial charge in [0.2, 0.25) is 0 Å². The van der Waals surface area contributed by atoms with Gasteiger partial charge in [-0.2, -0.15) is 0 Å². The number of aryl methyl sites for hydroxylation is 2. The molecule has 0 aliphatic carbocycles. The average molecular weight is 418 g/mol. The molecule has 2 amide bonds. The number of rotatable bonds is 5. The van der Waals surface area contributed by atoms with Crippen LogP contribution in [0.25, 0.3) is 5.57 Å². The lowest BCUT2D eigenvalue weighted by Crippen LogP contribution is -2.32. The van der Waals surface area contributed by atoms with Crippen molar-refractivity contribution in [3.8, 4) is 0 Å². The van der Waals surface area contributed by atoms with Gasteiger partial charge in [-0.3, -0.25) is 9.59 Å². The maximum atomic E-state index is 13.4. The van der Waals surface area contributed by atoms with E-state index in [1.165, 1.54) is 16.2 Å². The number of carbonyl (C=O) groups is 2. The number of nitrogens with zero attached hydrogens (tertiary/aromatic N) is 2. The van der Waals surface area contributed by atoms with Crippen molar-refractivity contribution in [1.29, 1.82) is 0 Å². The molecule has 4 rings (SSSR count). The molecule has 0 saturated carbocycles. The van der Waals surface area contributed by atoms with Gasteiger partial charge in [0.25, 0.3) is 11.8 Å². The second-order valence-electron chi connectivity index (χ2n) is 7.59. The van der Waals surface area contributed by atoms with Crippen LogP contribution in [-0.4, -0.2) is 25.9 Å². The van der Waals surface area contributed by atoms with E-state index in [0.717, 1.165) is 27.4 Å². The summed E-state index contributed by atoms with van der Waals surface area (Å²) in [5.74, 6) is -0.660. The second kappa shape index (κ2) is 7.80. The minimum atomic E-state index is -0.347. The highest BCUT2D eigenvalue weighted by Gasteiger charge is 2.40. The highest BCUT2D eigenvalue weighted by Crippen LogP contribution is 2.36. The van der Waals surface area contributed by atoms with E-state index < -0.39 is 0 Å². The lowest BCUT2D eigenvalue weighted by molar-refractivity contribution is -0.120. The first-order chi connectivity index (χ1) is 14.3. The van der Waals surface area contributed by atoms with Crippen LogP contribution in [0.15, 0.2) is 65.7 Å². The molecule has 0 saturated heterocycles. The van der Waals surface area contributed by atoms with Crippen molar-refractivity contribution >= 4 is 45.8 Å². The number of amides is 2. The molecule has 0 spiro atoms. The normalized spacial score (nSPS) is 13.9. The smallest absolute Gasteiger partial charge is 0.282 e. The van der Waals surface area contributed by atoms with Crippen LogP contribution in [0.2, 0.25) is 0 Å². The summed E-state index contributed by atoms with van der Waals surface area (Å²) in [6.07, 6.45) is 0. The van der Waals surface area contributed by atoms with E-state index in [1.807, 2.05) is 74.6 Å². The van der Waals surface area contributed by atoms with E-state index in [0.29, 0.717) is 17.0 Å². The summed E-state index contributed by atoms with van der Waals surface area (Å²) in [6.45, 7) is 4.01. The van der Waals surface area contributed by atoms with Crippen molar-refractivity contribution in [3.05, 3.63) is 81.7 Å². The van der Waals surface area contributed by atoms with E-state index in [1.54, 1.807) is 12.1 Å². The fraction of sp³-hybridized carbons (Fsp3) is 0.167. The molecular weight excluding hydrogens is 394 g/mol. The maximum absolute atomic E-state index is 13.4. The molecule has 3 aromatic rings. The van der Waals surface area contributed by atoms with Crippen LogP contribution in [-0.2, 0) is 9.59 Å². The zero-order chi connectivity index (χ0) is 21.4. The minimum Gasteiger partial charge on any atom is -0.378 e. The van der Waals surface area contributed by atoms with E-state index in [-0.39, 0.29) is 11.8 Å². The summed E-state index contributed by atoms with van der Waals surface area (Å²) >= 11 is 1.45. The average Bonchev–Trinajstić information content (AvgIpc) is 3.28. The lowest BCUT2D eigenvalue weighted by Gasteiger charge is -2.18. The number of anilines is 3. The molecule has 0 unspecified atom stereocenters. The summed E-state index contributed by atoms with van der Waals surface area (Å²) in [6, 6.07) is 17.2. The van der Waals surface area contributed by atoms with Gasteiger partial charge < -0.3 is 10.2 Å². The summed E-state index contributed by atoms with van der Waals surface area (Å²) in [5.41, 5.74) is 5.24. The van der Waals surface area contributed by atoms with E-state index in [4.69, 9.17) is 0 Å². The van der Waals surface area contributed by atoms with Crippen molar-refractivity contribution in [1.82, 2.24) is 0 Å². The van der Waals surface area contributed by atoms with E-state index >= 15 is 0 Å². The summed E-state index contributed by atoms with van der Waals surface area (Å²) in [7, 11) is 3.90. The number of carbonyl (C=O) groups excluding carboxylic acids is 2. The van der Waals surface area contributed by atoms with Gasteiger partial charge in [0.05, 0.1) is 11.3 Å². The summed E-state index contributed by atoms with van der Waals surface area (Å²) in [4.78, 5) is 30.8. The lowest BCUT2D eigenvalue weighted by atomic mass is 10.1. The van der Waals surface area contributed by atoms with Crippen molar-refractivity contribution < 1.29 is 9.59 Å². The number of imide groups is 1. The van der Waals surface area contributed by atoms with Crippen LogP contribution >= 0.6 is 11.3 Å². The monoisotopic (exact) mass is 417 g/mol. The number of hydrogen-bond donors (Lipinski definition) is 1. The molecule has 0 bridgehead atoms. The van der Waals surface area contributed by atoms with Crippen molar-refractivity contribution in [2.75, 3.05) is 29.2 Å². The summed E-state index contributed by atoms with van der Waals surface area (Å²) < 4.78 is 0. The molecule has 1 aliphatic heterocycles. The Morgan fingerprint density at radius 2 is 1.57 bits per heavy atom. The zero-order valence-corrected chi connectivity index (χ0v) is 18.2. The van der Waals surface area contributed by atoms with Crippen LogP contribution in [0.1, 0.15) is 16.0 Å². The fourth-order valence-corrected chi connectivity index (χ4v) is 4.39. The molecule has 0 fully saturated rings. The Morgan fingerprint density at radius 1 is 0.900 bits per heavy atom.